The molecule has 1 atom stereocenters. The summed E-state index contributed by atoms with van der Waals surface area (Å²) in [5, 5.41) is 3.61. The van der Waals surface area contributed by atoms with E-state index in [1.165, 1.54) is 11.3 Å². The Morgan fingerprint density at radius 2 is 2.30 bits per heavy atom. The number of methoxy groups -OCH3 is 1. The van der Waals surface area contributed by atoms with E-state index in [1.54, 1.807) is 19.2 Å². The molecule has 23 heavy (non-hydrogen) atoms. The standard InChI is InChI=1S/C17H15NO4S/c1-20-13-5-2-4-10-8-11(17(19)22-15(10)13)12-9-23-16(18-12)14-6-3-7-21-14/h2,4-5,8-9,14H,3,6-7H2,1H3/t14-/m0/s1. The first-order valence-corrected chi connectivity index (χ1v) is 8.32. The minimum atomic E-state index is -0.411. The molecule has 0 bridgehead atoms. The Morgan fingerprint density at radius 3 is 3.09 bits per heavy atom. The van der Waals surface area contributed by atoms with Crippen molar-refractivity contribution in [2.45, 2.75) is 18.9 Å². The molecule has 1 aromatic carbocycles. The van der Waals surface area contributed by atoms with Gasteiger partial charge in [0.05, 0.1) is 18.4 Å². The highest BCUT2D eigenvalue weighted by atomic mass is 32.1. The molecule has 6 heteroatoms. The van der Waals surface area contributed by atoms with Crippen LogP contribution in [-0.2, 0) is 4.74 Å². The van der Waals surface area contributed by atoms with Crippen LogP contribution in [0.5, 0.6) is 5.75 Å². The Labute approximate surface area is 136 Å². The predicted octanol–water partition coefficient (Wildman–Crippen LogP) is 3.78. The SMILES string of the molecule is COc1cccc2cc(-c3csc([C@@H]4CCCO4)n3)c(=O)oc12. The molecular formula is C17H15NO4S. The van der Waals surface area contributed by atoms with E-state index in [9.17, 15) is 4.79 Å². The lowest BCUT2D eigenvalue weighted by molar-refractivity contribution is 0.112. The van der Waals surface area contributed by atoms with Crippen LogP contribution < -0.4 is 10.4 Å². The average Bonchev–Trinajstić information content (AvgIpc) is 3.24. The number of fused-ring (bicyclic) bond motifs is 1. The first-order chi connectivity index (χ1) is 11.3. The summed E-state index contributed by atoms with van der Waals surface area (Å²) in [4.78, 5) is 16.9. The van der Waals surface area contributed by atoms with Gasteiger partial charge in [-0.2, -0.15) is 0 Å². The molecule has 0 spiro atoms. The fraction of sp³-hybridized carbons (Fsp3) is 0.294. The molecule has 1 aliphatic rings. The van der Waals surface area contributed by atoms with E-state index in [1.807, 2.05) is 17.5 Å². The quantitative estimate of drug-likeness (QED) is 0.684. The van der Waals surface area contributed by atoms with Gasteiger partial charge in [0.2, 0.25) is 0 Å². The Morgan fingerprint density at radius 1 is 1.39 bits per heavy atom. The summed E-state index contributed by atoms with van der Waals surface area (Å²) in [6.07, 6.45) is 2.09. The van der Waals surface area contributed by atoms with Crippen molar-refractivity contribution in [3.8, 4) is 17.0 Å². The molecule has 1 fully saturated rings. The number of thiazole rings is 1. The molecule has 118 valence electrons. The lowest BCUT2D eigenvalue weighted by Crippen LogP contribution is -2.04. The third-order valence-electron chi connectivity index (χ3n) is 3.95. The van der Waals surface area contributed by atoms with Crippen LogP contribution in [0.4, 0.5) is 0 Å². The normalized spacial score (nSPS) is 17.7. The molecule has 0 aliphatic carbocycles. The lowest BCUT2D eigenvalue weighted by atomic mass is 10.1. The van der Waals surface area contributed by atoms with Crippen molar-refractivity contribution in [1.29, 1.82) is 0 Å². The Hall–Kier alpha value is -2.18. The summed E-state index contributed by atoms with van der Waals surface area (Å²) in [5.74, 6) is 0.546. The maximum absolute atomic E-state index is 12.3. The second-order valence-corrected chi connectivity index (χ2v) is 6.29. The molecule has 0 saturated carbocycles. The van der Waals surface area contributed by atoms with Crippen LogP contribution in [0.25, 0.3) is 22.2 Å². The highest BCUT2D eigenvalue weighted by Gasteiger charge is 2.22. The van der Waals surface area contributed by atoms with E-state index in [4.69, 9.17) is 13.9 Å². The molecule has 3 aromatic rings. The van der Waals surface area contributed by atoms with E-state index in [-0.39, 0.29) is 6.10 Å². The predicted molar refractivity (Wildman–Crippen MR) is 88.1 cm³/mol. The van der Waals surface area contributed by atoms with Crippen LogP contribution in [0.2, 0.25) is 0 Å². The van der Waals surface area contributed by atoms with Gasteiger partial charge in [-0.3, -0.25) is 0 Å². The monoisotopic (exact) mass is 329 g/mol. The maximum Gasteiger partial charge on any atom is 0.345 e. The van der Waals surface area contributed by atoms with Gasteiger partial charge in [0, 0.05) is 17.4 Å². The smallest absolute Gasteiger partial charge is 0.345 e. The summed E-state index contributed by atoms with van der Waals surface area (Å²) < 4.78 is 16.3. The third-order valence-corrected chi connectivity index (χ3v) is 4.88. The van der Waals surface area contributed by atoms with Crippen molar-refractivity contribution in [3.63, 3.8) is 0 Å². The number of ether oxygens (including phenoxy) is 2. The molecule has 0 amide bonds. The second-order valence-electron chi connectivity index (χ2n) is 5.40. The zero-order chi connectivity index (χ0) is 15.8. The van der Waals surface area contributed by atoms with Crippen LogP contribution in [0, 0.1) is 0 Å². The molecule has 1 saturated heterocycles. The Balaban J connectivity index is 1.79. The fourth-order valence-electron chi connectivity index (χ4n) is 2.79. The zero-order valence-corrected chi connectivity index (χ0v) is 13.4. The van der Waals surface area contributed by atoms with Crippen molar-refractivity contribution in [2.75, 3.05) is 13.7 Å². The van der Waals surface area contributed by atoms with Gasteiger partial charge in [-0.25, -0.2) is 9.78 Å². The minimum absolute atomic E-state index is 0.0568. The maximum atomic E-state index is 12.3. The number of nitrogens with zero attached hydrogens (tertiary/aromatic N) is 1. The first kappa shape index (κ1) is 14.4. The number of benzene rings is 1. The van der Waals surface area contributed by atoms with Gasteiger partial charge in [0.1, 0.15) is 11.1 Å². The number of hydrogen-bond donors (Lipinski definition) is 0. The second kappa shape index (κ2) is 5.79. The number of rotatable bonds is 3. The van der Waals surface area contributed by atoms with Gasteiger partial charge in [-0.05, 0) is 25.0 Å². The number of aromatic nitrogens is 1. The van der Waals surface area contributed by atoms with E-state index >= 15 is 0 Å². The van der Waals surface area contributed by atoms with E-state index < -0.39 is 5.63 Å². The summed E-state index contributed by atoms with van der Waals surface area (Å²) in [6, 6.07) is 7.32. The topological polar surface area (TPSA) is 61.6 Å². The van der Waals surface area contributed by atoms with Gasteiger partial charge < -0.3 is 13.9 Å². The Bertz CT molecular complexity index is 908. The van der Waals surface area contributed by atoms with Crippen molar-refractivity contribution in [3.05, 3.63) is 45.1 Å². The fourth-order valence-corrected chi connectivity index (χ4v) is 3.69. The summed E-state index contributed by atoms with van der Waals surface area (Å²) in [5.41, 5.74) is 1.15. The van der Waals surface area contributed by atoms with Crippen LogP contribution in [0.3, 0.4) is 0 Å². The third kappa shape index (κ3) is 2.54. The highest BCUT2D eigenvalue weighted by Crippen LogP contribution is 2.33. The van der Waals surface area contributed by atoms with Crippen molar-refractivity contribution < 1.29 is 13.9 Å². The molecule has 5 nitrogen and oxygen atoms in total. The Kier molecular flexibility index (Phi) is 3.63. The van der Waals surface area contributed by atoms with E-state index in [0.29, 0.717) is 22.6 Å². The van der Waals surface area contributed by atoms with Crippen LogP contribution in [-0.4, -0.2) is 18.7 Å². The molecule has 0 N–H and O–H groups in total. The number of para-hydroxylation sites is 1. The lowest BCUT2D eigenvalue weighted by Gasteiger charge is -2.05. The minimum Gasteiger partial charge on any atom is -0.493 e. The van der Waals surface area contributed by atoms with Gasteiger partial charge in [0.25, 0.3) is 0 Å². The highest BCUT2D eigenvalue weighted by molar-refractivity contribution is 7.10. The molecule has 1 aliphatic heterocycles. The largest absolute Gasteiger partial charge is 0.493 e. The van der Waals surface area contributed by atoms with Crippen molar-refractivity contribution in [2.24, 2.45) is 0 Å². The van der Waals surface area contributed by atoms with Crippen molar-refractivity contribution in [1.82, 2.24) is 4.98 Å². The number of hydrogen-bond acceptors (Lipinski definition) is 6. The first-order valence-electron chi connectivity index (χ1n) is 7.44. The van der Waals surface area contributed by atoms with E-state index in [0.717, 1.165) is 29.8 Å². The summed E-state index contributed by atoms with van der Waals surface area (Å²) in [6.45, 7) is 0.775. The molecule has 0 radical (unpaired) electrons. The average molecular weight is 329 g/mol. The van der Waals surface area contributed by atoms with Crippen LogP contribution >= 0.6 is 11.3 Å². The molecular weight excluding hydrogens is 314 g/mol. The van der Waals surface area contributed by atoms with E-state index in [2.05, 4.69) is 4.98 Å². The van der Waals surface area contributed by atoms with Crippen LogP contribution in [0.15, 0.2) is 38.9 Å². The van der Waals surface area contributed by atoms with Gasteiger partial charge >= 0.3 is 5.63 Å². The van der Waals surface area contributed by atoms with Gasteiger partial charge in [-0.15, -0.1) is 11.3 Å². The molecule has 4 rings (SSSR count). The van der Waals surface area contributed by atoms with Crippen LogP contribution in [0.1, 0.15) is 24.0 Å². The zero-order valence-electron chi connectivity index (χ0n) is 12.6. The van der Waals surface area contributed by atoms with Crippen molar-refractivity contribution >= 4 is 22.3 Å². The molecule has 3 heterocycles. The summed E-state index contributed by atoms with van der Waals surface area (Å²) >= 11 is 1.52. The molecule has 2 aromatic heterocycles. The van der Waals surface area contributed by atoms with Gasteiger partial charge in [0.15, 0.2) is 11.3 Å². The molecule has 0 unspecified atom stereocenters. The summed E-state index contributed by atoms with van der Waals surface area (Å²) in [7, 11) is 1.55. The van der Waals surface area contributed by atoms with Gasteiger partial charge in [-0.1, -0.05) is 12.1 Å².